The van der Waals surface area contributed by atoms with Crippen LogP contribution >= 0.6 is 0 Å². The summed E-state index contributed by atoms with van der Waals surface area (Å²) in [5, 5.41) is 3.22. The smallest absolute Gasteiger partial charge is 0.126 e. The Labute approximate surface area is 86.5 Å². The Morgan fingerprint density at radius 2 is 1.71 bits per heavy atom. The molecule has 1 saturated carbocycles. The van der Waals surface area contributed by atoms with Crippen LogP contribution in [0.5, 0.6) is 0 Å². The first kappa shape index (κ1) is 10.4. The number of hydrogen-bond acceptors (Lipinski definition) is 1. The maximum absolute atomic E-state index is 14.6. The zero-order valence-electron chi connectivity index (χ0n) is 9.03. The Kier molecular flexibility index (Phi) is 3.42. The fraction of sp³-hybridized carbons (Fsp3) is 1.00. The summed E-state index contributed by atoms with van der Waals surface area (Å²) in [7, 11) is 0. The molecule has 0 aromatic rings. The van der Waals surface area contributed by atoms with E-state index in [9.17, 15) is 4.39 Å². The minimum Gasteiger partial charge on any atom is -0.314 e. The number of piperidine rings is 1. The molecule has 2 heteroatoms. The second kappa shape index (κ2) is 4.61. The van der Waals surface area contributed by atoms with Gasteiger partial charge in [0.1, 0.15) is 5.67 Å². The monoisotopic (exact) mass is 199 g/mol. The first-order chi connectivity index (χ1) is 6.81. The quantitative estimate of drug-likeness (QED) is 0.640. The largest absolute Gasteiger partial charge is 0.314 e. The van der Waals surface area contributed by atoms with Crippen LogP contribution in [0.15, 0.2) is 0 Å². The van der Waals surface area contributed by atoms with Gasteiger partial charge in [0, 0.05) is 6.54 Å². The van der Waals surface area contributed by atoms with Crippen LogP contribution in [0, 0.1) is 5.92 Å². The molecule has 1 heterocycles. The van der Waals surface area contributed by atoms with Gasteiger partial charge in [-0.3, -0.25) is 0 Å². The molecule has 0 aromatic heterocycles. The van der Waals surface area contributed by atoms with Gasteiger partial charge in [-0.2, -0.15) is 0 Å². The summed E-state index contributed by atoms with van der Waals surface area (Å²) >= 11 is 0. The van der Waals surface area contributed by atoms with Gasteiger partial charge in [-0.1, -0.05) is 25.7 Å². The summed E-state index contributed by atoms with van der Waals surface area (Å²) in [4.78, 5) is 0. The van der Waals surface area contributed by atoms with E-state index in [1.54, 1.807) is 0 Å². The number of nitrogens with one attached hydrogen (secondary N) is 1. The normalized spacial score (nSPS) is 36.6. The maximum atomic E-state index is 14.6. The molecule has 2 fully saturated rings. The summed E-state index contributed by atoms with van der Waals surface area (Å²) < 4.78 is 14.6. The molecule has 0 radical (unpaired) electrons. The van der Waals surface area contributed by atoms with Crippen LogP contribution in [0.4, 0.5) is 4.39 Å². The van der Waals surface area contributed by atoms with Crippen molar-refractivity contribution in [1.29, 1.82) is 0 Å². The molecule has 2 rings (SSSR count). The Hall–Kier alpha value is -0.110. The molecule has 0 bridgehead atoms. The van der Waals surface area contributed by atoms with E-state index in [1.807, 2.05) is 0 Å². The average molecular weight is 199 g/mol. The van der Waals surface area contributed by atoms with Gasteiger partial charge in [-0.25, -0.2) is 4.39 Å². The minimum atomic E-state index is -0.872. The van der Waals surface area contributed by atoms with Crippen molar-refractivity contribution in [1.82, 2.24) is 5.32 Å². The average Bonchev–Trinajstić information content (AvgIpc) is 2.47. The predicted molar refractivity (Wildman–Crippen MR) is 57.1 cm³/mol. The van der Waals surface area contributed by atoms with E-state index in [2.05, 4.69) is 5.32 Å². The van der Waals surface area contributed by atoms with Crippen LogP contribution in [0.1, 0.15) is 51.4 Å². The number of halogens is 1. The second-order valence-electron chi connectivity index (χ2n) is 5.00. The Morgan fingerprint density at radius 1 is 1.00 bits per heavy atom. The predicted octanol–water partition coefficient (Wildman–Crippen LogP) is 3.05. The maximum Gasteiger partial charge on any atom is 0.126 e. The molecule has 1 saturated heterocycles. The van der Waals surface area contributed by atoms with Gasteiger partial charge in [0.15, 0.2) is 0 Å². The zero-order valence-corrected chi connectivity index (χ0v) is 9.03. The van der Waals surface area contributed by atoms with Gasteiger partial charge in [-0.15, -0.1) is 0 Å². The minimum absolute atomic E-state index is 0.345. The van der Waals surface area contributed by atoms with E-state index in [0.29, 0.717) is 12.5 Å². The van der Waals surface area contributed by atoms with Crippen molar-refractivity contribution in [3.8, 4) is 0 Å². The van der Waals surface area contributed by atoms with Crippen LogP contribution in [0.2, 0.25) is 0 Å². The molecule has 0 spiro atoms. The summed E-state index contributed by atoms with van der Waals surface area (Å²) in [6, 6.07) is 0. The van der Waals surface area contributed by atoms with Crippen LogP contribution < -0.4 is 5.32 Å². The lowest BCUT2D eigenvalue weighted by molar-refractivity contribution is 0.0432. The molecule has 82 valence electrons. The molecule has 0 amide bonds. The van der Waals surface area contributed by atoms with Crippen molar-refractivity contribution in [2.24, 2.45) is 5.92 Å². The van der Waals surface area contributed by atoms with Crippen molar-refractivity contribution in [3.05, 3.63) is 0 Å². The van der Waals surface area contributed by atoms with Gasteiger partial charge in [0.2, 0.25) is 0 Å². The van der Waals surface area contributed by atoms with Crippen molar-refractivity contribution < 1.29 is 4.39 Å². The van der Waals surface area contributed by atoms with Crippen LogP contribution in [-0.4, -0.2) is 18.8 Å². The summed E-state index contributed by atoms with van der Waals surface area (Å²) in [6.45, 7) is 1.62. The molecular weight excluding hydrogens is 177 g/mol. The molecule has 1 aliphatic carbocycles. The molecule has 1 aliphatic heterocycles. The molecule has 1 unspecified atom stereocenters. The Bertz CT molecular complexity index is 167. The summed E-state index contributed by atoms with van der Waals surface area (Å²) in [5.74, 6) is 0.345. The first-order valence-electron chi connectivity index (χ1n) is 6.21. The van der Waals surface area contributed by atoms with Gasteiger partial charge in [0.05, 0.1) is 0 Å². The van der Waals surface area contributed by atoms with Crippen LogP contribution in [0.25, 0.3) is 0 Å². The third kappa shape index (κ3) is 2.28. The highest BCUT2D eigenvalue weighted by Crippen LogP contribution is 2.38. The highest BCUT2D eigenvalue weighted by molar-refractivity contribution is 4.92. The fourth-order valence-corrected chi connectivity index (χ4v) is 3.04. The van der Waals surface area contributed by atoms with E-state index < -0.39 is 5.67 Å². The van der Waals surface area contributed by atoms with E-state index in [-0.39, 0.29) is 0 Å². The van der Waals surface area contributed by atoms with E-state index in [4.69, 9.17) is 0 Å². The summed E-state index contributed by atoms with van der Waals surface area (Å²) in [6.07, 6.45) is 9.20. The van der Waals surface area contributed by atoms with Crippen molar-refractivity contribution in [3.63, 3.8) is 0 Å². The van der Waals surface area contributed by atoms with Gasteiger partial charge in [-0.05, 0) is 38.1 Å². The van der Waals surface area contributed by atoms with Crippen LogP contribution in [0.3, 0.4) is 0 Å². The van der Waals surface area contributed by atoms with E-state index in [0.717, 1.165) is 32.2 Å². The number of alkyl halides is 1. The molecule has 1 nitrogen and oxygen atoms in total. The molecule has 2 aliphatic rings. The topological polar surface area (TPSA) is 12.0 Å². The molecule has 1 atom stereocenters. The SMILES string of the molecule is FC1(C2CCCCCC2)CCCNC1. The van der Waals surface area contributed by atoms with Crippen molar-refractivity contribution in [2.45, 2.75) is 57.0 Å². The lowest BCUT2D eigenvalue weighted by atomic mass is 9.79. The van der Waals surface area contributed by atoms with Crippen molar-refractivity contribution in [2.75, 3.05) is 13.1 Å². The zero-order chi connectivity index (χ0) is 9.86. The van der Waals surface area contributed by atoms with E-state index in [1.165, 1.54) is 25.7 Å². The van der Waals surface area contributed by atoms with Gasteiger partial charge >= 0.3 is 0 Å². The molecular formula is C12H22FN. The van der Waals surface area contributed by atoms with Crippen molar-refractivity contribution >= 4 is 0 Å². The summed E-state index contributed by atoms with van der Waals surface area (Å²) in [5.41, 5.74) is -0.872. The highest BCUT2D eigenvalue weighted by Gasteiger charge is 2.39. The fourth-order valence-electron chi connectivity index (χ4n) is 3.04. The third-order valence-corrected chi connectivity index (χ3v) is 3.95. The Balaban J connectivity index is 1.95. The molecule has 1 N–H and O–H groups in total. The third-order valence-electron chi connectivity index (χ3n) is 3.95. The number of rotatable bonds is 1. The van der Waals surface area contributed by atoms with Gasteiger partial charge in [0.25, 0.3) is 0 Å². The standard InChI is InChI=1S/C12H22FN/c13-12(8-5-9-14-10-12)11-6-3-1-2-4-7-11/h11,14H,1-10H2. The van der Waals surface area contributed by atoms with E-state index >= 15 is 0 Å². The highest BCUT2D eigenvalue weighted by atomic mass is 19.1. The molecule has 14 heavy (non-hydrogen) atoms. The molecule has 0 aromatic carbocycles. The van der Waals surface area contributed by atoms with Crippen LogP contribution in [-0.2, 0) is 0 Å². The Morgan fingerprint density at radius 3 is 2.29 bits per heavy atom. The van der Waals surface area contributed by atoms with Gasteiger partial charge < -0.3 is 5.32 Å². The lowest BCUT2D eigenvalue weighted by Crippen LogP contribution is -2.47. The lowest BCUT2D eigenvalue weighted by Gasteiger charge is -2.37. The number of hydrogen-bond donors (Lipinski definition) is 1. The second-order valence-corrected chi connectivity index (χ2v) is 5.00. The first-order valence-corrected chi connectivity index (χ1v) is 6.21.